The molecule has 1 N–H and O–H groups in total. The number of nitriles is 1. The molecule has 2 heterocycles. The Hall–Kier alpha value is -2.23. The Morgan fingerprint density at radius 2 is 2.09 bits per heavy atom. The van der Waals surface area contributed by atoms with Gasteiger partial charge in [-0.3, -0.25) is 4.79 Å². The van der Waals surface area contributed by atoms with Crippen LogP contribution in [0, 0.1) is 11.3 Å². The van der Waals surface area contributed by atoms with E-state index in [0.717, 1.165) is 17.0 Å². The third-order valence-corrected chi connectivity index (χ3v) is 5.12. The Morgan fingerprint density at radius 1 is 1.35 bits per heavy atom. The molecule has 6 heteroatoms. The molecule has 1 atom stereocenters. The second-order valence-electron chi connectivity index (χ2n) is 5.09. The molecule has 1 unspecified atom stereocenters. The first kappa shape index (κ1) is 15.7. The van der Waals surface area contributed by atoms with Crippen molar-refractivity contribution in [2.24, 2.45) is 0 Å². The predicted molar refractivity (Wildman–Crippen MR) is 95.1 cm³/mol. The highest BCUT2D eigenvalue weighted by atomic mass is 32.1. The molecule has 23 heavy (non-hydrogen) atoms. The van der Waals surface area contributed by atoms with Crippen LogP contribution in [0.5, 0.6) is 0 Å². The molecule has 0 aliphatic carbocycles. The van der Waals surface area contributed by atoms with Crippen molar-refractivity contribution in [2.45, 2.75) is 19.5 Å². The molecule has 116 valence electrons. The molecule has 0 radical (unpaired) electrons. The Balaban J connectivity index is 2.11. The molecule has 0 bridgehead atoms. The van der Waals surface area contributed by atoms with E-state index in [2.05, 4.69) is 24.9 Å². The number of hydrogen-bond donors (Lipinski definition) is 2. The van der Waals surface area contributed by atoms with Crippen molar-refractivity contribution in [1.82, 2.24) is 5.32 Å². The Morgan fingerprint density at radius 3 is 2.65 bits per heavy atom. The number of anilines is 1. The van der Waals surface area contributed by atoms with Crippen LogP contribution in [-0.2, 0) is 11.2 Å². The summed E-state index contributed by atoms with van der Waals surface area (Å²) in [5, 5.41) is 14.5. The number of benzene rings is 1. The van der Waals surface area contributed by atoms with Crippen LogP contribution in [0.15, 0.2) is 52.4 Å². The van der Waals surface area contributed by atoms with E-state index in [1.807, 2.05) is 52.7 Å². The number of hydrogen-bond acceptors (Lipinski definition) is 5. The summed E-state index contributed by atoms with van der Waals surface area (Å²) in [6.45, 7) is 2.10. The molecule has 2 aromatic rings. The van der Waals surface area contributed by atoms with Crippen molar-refractivity contribution in [3.05, 3.63) is 62.8 Å². The molecule has 1 amide bonds. The largest absolute Gasteiger partial charge is 0.326 e. The summed E-state index contributed by atoms with van der Waals surface area (Å²) < 4.78 is 0. The highest BCUT2D eigenvalue weighted by Gasteiger charge is 2.34. The lowest BCUT2D eigenvalue weighted by molar-refractivity contribution is -0.118. The average Bonchev–Trinajstić information content (AvgIpc) is 3.09. The highest BCUT2D eigenvalue weighted by Crippen LogP contribution is 2.37. The van der Waals surface area contributed by atoms with E-state index >= 15 is 0 Å². The third-order valence-electron chi connectivity index (χ3n) is 3.75. The molecule has 0 spiro atoms. The van der Waals surface area contributed by atoms with E-state index in [0.29, 0.717) is 5.03 Å². The number of rotatable bonds is 3. The van der Waals surface area contributed by atoms with Gasteiger partial charge in [-0.1, -0.05) is 25.1 Å². The fourth-order valence-corrected chi connectivity index (χ4v) is 3.66. The summed E-state index contributed by atoms with van der Waals surface area (Å²) in [6.07, 6.45) is 0.595. The van der Waals surface area contributed by atoms with Gasteiger partial charge in [0.2, 0.25) is 0 Å². The van der Waals surface area contributed by atoms with E-state index in [-0.39, 0.29) is 11.7 Å². The van der Waals surface area contributed by atoms with Crippen LogP contribution in [0.1, 0.15) is 23.5 Å². The van der Waals surface area contributed by atoms with Crippen molar-refractivity contribution in [1.29, 1.82) is 5.26 Å². The van der Waals surface area contributed by atoms with E-state index < -0.39 is 5.91 Å². The Bertz CT molecular complexity index is 788. The molecule has 1 aliphatic heterocycles. The lowest BCUT2D eigenvalue weighted by Crippen LogP contribution is -2.45. The van der Waals surface area contributed by atoms with Crippen molar-refractivity contribution in [3.8, 4) is 6.07 Å². The summed E-state index contributed by atoms with van der Waals surface area (Å²) in [7, 11) is 0. The first-order valence-corrected chi connectivity index (χ1v) is 8.54. The maximum absolute atomic E-state index is 12.2. The zero-order valence-corrected chi connectivity index (χ0v) is 14.2. The molecule has 0 fully saturated rings. The highest BCUT2D eigenvalue weighted by molar-refractivity contribution is 7.84. The molecule has 0 saturated carbocycles. The smallest absolute Gasteiger partial charge is 0.266 e. The van der Waals surface area contributed by atoms with E-state index in [1.165, 1.54) is 5.56 Å². The van der Waals surface area contributed by atoms with Gasteiger partial charge in [0.05, 0.1) is 5.03 Å². The van der Waals surface area contributed by atoms with Gasteiger partial charge in [0.1, 0.15) is 17.8 Å². The Kier molecular flexibility index (Phi) is 4.42. The Labute approximate surface area is 144 Å². The van der Waals surface area contributed by atoms with Gasteiger partial charge >= 0.3 is 0 Å². The average molecular weight is 341 g/mol. The van der Waals surface area contributed by atoms with Gasteiger partial charge in [-0.15, -0.1) is 24.0 Å². The zero-order chi connectivity index (χ0) is 16.4. The maximum atomic E-state index is 12.2. The van der Waals surface area contributed by atoms with Crippen LogP contribution in [0.25, 0.3) is 0 Å². The fourth-order valence-electron chi connectivity index (χ4n) is 2.51. The van der Waals surface area contributed by atoms with Gasteiger partial charge in [0, 0.05) is 10.6 Å². The van der Waals surface area contributed by atoms with Gasteiger partial charge < -0.3 is 10.2 Å². The summed E-state index contributed by atoms with van der Waals surface area (Å²) in [6, 6.07) is 13.9. The van der Waals surface area contributed by atoms with Crippen LogP contribution >= 0.6 is 24.0 Å². The minimum atomic E-state index is -0.391. The summed E-state index contributed by atoms with van der Waals surface area (Å²) in [4.78, 5) is 15.0. The lowest BCUT2D eigenvalue weighted by atomic mass is 10.1. The van der Waals surface area contributed by atoms with Crippen molar-refractivity contribution in [3.63, 3.8) is 0 Å². The van der Waals surface area contributed by atoms with Crippen LogP contribution in [0.3, 0.4) is 0 Å². The number of carbonyl (C=O) groups excluding carboxylic acids is 1. The number of amides is 1. The lowest BCUT2D eigenvalue weighted by Gasteiger charge is -2.37. The van der Waals surface area contributed by atoms with Crippen molar-refractivity contribution in [2.75, 3.05) is 4.90 Å². The molecule has 1 aromatic heterocycles. The topological polar surface area (TPSA) is 56.1 Å². The third kappa shape index (κ3) is 2.85. The van der Waals surface area contributed by atoms with Crippen LogP contribution < -0.4 is 10.2 Å². The number of aryl methyl sites for hydroxylation is 1. The molecule has 3 rings (SSSR count). The summed E-state index contributed by atoms with van der Waals surface area (Å²) in [5.74, 6) is -0.391. The number of thiol groups is 1. The monoisotopic (exact) mass is 341 g/mol. The number of carbonyl (C=O) groups is 1. The van der Waals surface area contributed by atoms with Gasteiger partial charge in [-0.05, 0) is 35.6 Å². The molecular weight excluding hydrogens is 326 g/mol. The van der Waals surface area contributed by atoms with Gasteiger partial charge in [-0.25, -0.2) is 0 Å². The van der Waals surface area contributed by atoms with Crippen molar-refractivity contribution < 1.29 is 4.79 Å². The molecule has 4 nitrogen and oxygen atoms in total. The van der Waals surface area contributed by atoms with E-state index in [9.17, 15) is 10.1 Å². The van der Waals surface area contributed by atoms with Crippen LogP contribution in [0.4, 0.5) is 5.69 Å². The molecular formula is C17H15N3OS2. The van der Waals surface area contributed by atoms with Crippen LogP contribution in [-0.4, -0.2) is 5.91 Å². The number of thiophene rings is 1. The number of nitrogens with one attached hydrogen (secondary N) is 1. The van der Waals surface area contributed by atoms with Gasteiger partial charge in [0.15, 0.2) is 0 Å². The zero-order valence-electron chi connectivity index (χ0n) is 12.5. The van der Waals surface area contributed by atoms with Crippen molar-refractivity contribution >= 4 is 35.6 Å². The standard InChI is InChI=1S/C17H15N3OS2/c1-2-11-5-7-12(8-6-11)20-15(14-4-3-9-23-14)19-16(21)13(10-18)17(20)22/h3-9,15,22H,2H2,1H3,(H,19,21). The van der Waals surface area contributed by atoms with Gasteiger partial charge in [0.25, 0.3) is 5.91 Å². The predicted octanol–water partition coefficient (Wildman–Crippen LogP) is 3.61. The normalized spacial score (nSPS) is 17.9. The first-order chi connectivity index (χ1) is 11.2. The minimum absolute atomic E-state index is 0.0284. The SMILES string of the molecule is CCc1ccc(N2C(S)=C(C#N)C(=O)NC2c2cccs2)cc1. The minimum Gasteiger partial charge on any atom is -0.326 e. The molecule has 1 aromatic carbocycles. The second kappa shape index (κ2) is 6.49. The molecule has 1 aliphatic rings. The maximum Gasteiger partial charge on any atom is 0.266 e. The molecule has 0 saturated heterocycles. The second-order valence-corrected chi connectivity index (χ2v) is 6.49. The summed E-state index contributed by atoms with van der Waals surface area (Å²) >= 11 is 6.02. The van der Waals surface area contributed by atoms with Crippen LogP contribution in [0.2, 0.25) is 0 Å². The quantitative estimate of drug-likeness (QED) is 0.839. The summed E-state index contributed by atoms with van der Waals surface area (Å²) in [5.41, 5.74) is 2.15. The first-order valence-electron chi connectivity index (χ1n) is 7.21. The van der Waals surface area contributed by atoms with E-state index in [1.54, 1.807) is 11.3 Å². The number of nitrogens with zero attached hydrogens (tertiary/aromatic N) is 2. The van der Waals surface area contributed by atoms with Gasteiger partial charge in [-0.2, -0.15) is 5.26 Å². The fraction of sp³-hybridized carbons (Fsp3) is 0.176. The van der Waals surface area contributed by atoms with E-state index in [4.69, 9.17) is 0 Å².